The van der Waals surface area contributed by atoms with E-state index in [2.05, 4.69) is 4.90 Å². The van der Waals surface area contributed by atoms with Gasteiger partial charge in [0.05, 0.1) is 26.5 Å². The molecule has 0 spiro atoms. The van der Waals surface area contributed by atoms with Crippen molar-refractivity contribution in [2.24, 2.45) is 0 Å². The third-order valence-electron chi connectivity index (χ3n) is 7.63. The van der Waals surface area contributed by atoms with Crippen LogP contribution < -0.4 is 19.1 Å². The first kappa shape index (κ1) is 38.2. The van der Waals surface area contributed by atoms with Gasteiger partial charge in [-0.25, -0.2) is 14.0 Å². The van der Waals surface area contributed by atoms with Crippen molar-refractivity contribution >= 4 is 58.8 Å². The fourth-order valence-corrected chi connectivity index (χ4v) is 6.70. The summed E-state index contributed by atoms with van der Waals surface area (Å²) < 4.78 is 37.9. The molecule has 0 radical (unpaired) electrons. The normalized spacial score (nSPS) is 14.6. The Morgan fingerprint density at radius 2 is 1.80 bits per heavy atom. The smallest absolute Gasteiger partial charge is 0.415 e. The van der Waals surface area contributed by atoms with E-state index in [1.54, 1.807) is 36.4 Å². The van der Waals surface area contributed by atoms with Crippen LogP contribution in [0.25, 0.3) is 0 Å². The number of hydrogen-bond acceptors (Lipinski definition) is 10. The van der Waals surface area contributed by atoms with Crippen LogP contribution in [-0.4, -0.2) is 69.0 Å². The number of aromatic nitrogens is 1. The van der Waals surface area contributed by atoms with Crippen LogP contribution in [-0.2, 0) is 27.2 Å². The number of carbonyl (C=O) groups is 3. The number of anilines is 1. The van der Waals surface area contributed by atoms with E-state index in [1.165, 1.54) is 49.7 Å². The first-order valence-corrected chi connectivity index (χ1v) is 16.6. The number of rotatable bonds is 11. The molecule has 1 N–H and O–H groups in total. The Hall–Kier alpha value is -4.63. The van der Waals surface area contributed by atoms with Crippen molar-refractivity contribution in [3.05, 3.63) is 109 Å². The topological polar surface area (TPSA) is 142 Å². The number of amides is 1. The summed E-state index contributed by atoms with van der Waals surface area (Å²) in [5.74, 6) is -0.346. The van der Waals surface area contributed by atoms with Crippen LogP contribution in [0.4, 0.5) is 14.9 Å². The first-order chi connectivity index (χ1) is 24.0. The maximum absolute atomic E-state index is 14.9. The van der Waals surface area contributed by atoms with Gasteiger partial charge in [0.25, 0.3) is 6.47 Å². The molecule has 50 heavy (non-hydrogen) atoms. The molecule has 1 aliphatic heterocycles. The van der Waals surface area contributed by atoms with E-state index in [1.807, 2.05) is 7.05 Å². The monoisotopic (exact) mass is 749 g/mol. The van der Waals surface area contributed by atoms with Gasteiger partial charge in [0.1, 0.15) is 32.9 Å². The number of nitrogens with zero attached hydrogens (tertiary/aromatic N) is 3. The number of halogens is 3. The van der Waals surface area contributed by atoms with Crippen molar-refractivity contribution < 1.29 is 47.6 Å². The Kier molecular flexibility index (Phi) is 13.6. The molecule has 5 rings (SSSR count). The molecule has 2 aromatic heterocycles. The molecule has 0 unspecified atom stereocenters. The zero-order chi connectivity index (χ0) is 36.4. The molecule has 266 valence electrons. The van der Waals surface area contributed by atoms with Crippen molar-refractivity contribution in [2.45, 2.75) is 31.6 Å². The van der Waals surface area contributed by atoms with Crippen molar-refractivity contribution in [2.75, 3.05) is 39.3 Å². The molecule has 0 aliphatic carbocycles. The van der Waals surface area contributed by atoms with Crippen LogP contribution in [0.3, 0.4) is 0 Å². The van der Waals surface area contributed by atoms with Gasteiger partial charge in [0.15, 0.2) is 23.9 Å². The van der Waals surface area contributed by atoms with E-state index in [4.69, 9.17) is 52.1 Å². The molecule has 1 aliphatic rings. The summed E-state index contributed by atoms with van der Waals surface area (Å²) in [4.78, 5) is 39.4. The van der Waals surface area contributed by atoms with Crippen molar-refractivity contribution in [1.82, 2.24) is 4.90 Å². The standard InChI is InChI=1S/C33H32Cl2FN3O7S.CH2O2/c1-37-13-12-21(16-37)45-33(41)39(27-7-5-4-6-26(27)36)17-22-9-11-31(47-22)32(40)46-29(15-23-24(34)18-38(42)19-25(23)35)20-8-10-28(43-2)30(14-20)44-3;2-1-3/h4-11,14,18-19,21,29H,12-13,15-17H2,1-3H3;1H,(H,2,3)/t21-,29+;/m1./s1. The minimum Gasteiger partial charge on any atom is -0.619 e. The summed E-state index contributed by atoms with van der Waals surface area (Å²) in [6, 6.07) is 14.3. The van der Waals surface area contributed by atoms with Gasteiger partial charge >= 0.3 is 12.1 Å². The Labute approximate surface area is 301 Å². The van der Waals surface area contributed by atoms with Gasteiger partial charge in [0, 0.05) is 30.0 Å². The number of pyridine rings is 1. The molecule has 0 saturated carbocycles. The number of likely N-dealkylation sites (N-methyl/N-ethyl adjacent to an activating group) is 1. The van der Waals surface area contributed by atoms with Crippen LogP contribution in [0.2, 0.25) is 10.0 Å². The minimum atomic E-state index is -0.903. The fraction of sp³-hybridized carbons (Fsp3) is 0.294. The lowest BCUT2D eigenvalue weighted by atomic mass is 10.0. The number of thiophene rings is 1. The number of benzene rings is 2. The van der Waals surface area contributed by atoms with Gasteiger partial charge in [-0.3, -0.25) is 9.69 Å². The van der Waals surface area contributed by atoms with E-state index in [0.717, 1.165) is 17.9 Å². The van der Waals surface area contributed by atoms with Gasteiger partial charge < -0.3 is 34.2 Å². The first-order valence-electron chi connectivity index (χ1n) is 15.0. The highest BCUT2D eigenvalue weighted by atomic mass is 35.5. The molecule has 0 bridgehead atoms. The highest BCUT2D eigenvalue weighted by Crippen LogP contribution is 2.36. The van der Waals surface area contributed by atoms with Gasteiger partial charge in [-0.15, -0.1) is 11.3 Å². The number of methoxy groups -OCH3 is 2. The average Bonchev–Trinajstić information content (AvgIpc) is 3.73. The zero-order valence-electron chi connectivity index (χ0n) is 27.2. The second-order valence-electron chi connectivity index (χ2n) is 11.0. The van der Waals surface area contributed by atoms with Crippen LogP contribution in [0.5, 0.6) is 11.5 Å². The molecule has 1 amide bonds. The zero-order valence-corrected chi connectivity index (χ0v) is 29.5. The third kappa shape index (κ3) is 9.75. The molecule has 1 fully saturated rings. The second kappa shape index (κ2) is 17.9. The number of carboxylic acid groups (broad SMARTS) is 1. The van der Waals surface area contributed by atoms with Gasteiger partial charge in [-0.05, 0) is 55.4 Å². The molecular weight excluding hydrogens is 716 g/mol. The minimum absolute atomic E-state index is 0.0379. The summed E-state index contributed by atoms with van der Waals surface area (Å²) in [5.41, 5.74) is 1.03. The maximum Gasteiger partial charge on any atom is 0.415 e. The SMILES string of the molecule is COc1ccc([C@H](Cc2c(Cl)c[n+]([O-])cc2Cl)OC(=O)c2ccc(CN(C(=O)O[C@@H]3CCN(C)C3)c3ccccc3F)s2)cc1OC.O=CO. The molecule has 4 aromatic rings. The molecule has 1 saturated heterocycles. The number of para-hydroxylation sites is 1. The van der Waals surface area contributed by atoms with Crippen molar-refractivity contribution in [3.63, 3.8) is 0 Å². The van der Waals surface area contributed by atoms with E-state index >= 15 is 0 Å². The highest BCUT2D eigenvalue weighted by Gasteiger charge is 2.29. The van der Waals surface area contributed by atoms with Gasteiger partial charge in [0.2, 0.25) is 0 Å². The van der Waals surface area contributed by atoms with Crippen LogP contribution in [0, 0.1) is 11.0 Å². The number of carbonyl (C=O) groups excluding carboxylic acids is 2. The average molecular weight is 751 g/mol. The van der Waals surface area contributed by atoms with E-state index < -0.39 is 24.0 Å². The molecule has 2 aromatic carbocycles. The fourth-order valence-electron chi connectivity index (χ4n) is 5.22. The van der Waals surface area contributed by atoms with Crippen LogP contribution >= 0.6 is 34.5 Å². The Bertz CT molecular complexity index is 1790. The molecule has 2 atom stereocenters. The lowest BCUT2D eigenvalue weighted by Gasteiger charge is -2.24. The molecule has 16 heteroatoms. The van der Waals surface area contributed by atoms with E-state index in [0.29, 0.717) is 45.2 Å². The lowest BCUT2D eigenvalue weighted by Crippen LogP contribution is -2.35. The highest BCUT2D eigenvalue weighted by molar-refractivity contribution is 7.14. The number of esters is 1. The summed E-state index contributed by atoms with van der Waals surface area (Å²) in [6.07, 6.45) is 1.16. The summed E-state index contributed by atoms with van der Waals surface area (Å²) in [7, 11) is 4.93. The quantitative estimate of drug-likeness (QED) is 0.0778. The Morgan fingerprint density at radius 1 is 1.12 bits per heavy atom. The summed E-state index contributed by atoms with van der Waals surface area (Å²) in [5, 5.41) is 18.9. The number of hydrogen-bond donors (Lipinski definition) is 1. The van der Waals surface area contributed by atoms with Crippen LogP contribution in [0.1, 0.15) is 38.2 Å². The lowest BCUT2D eigenvalue weighted by molar-refractivity contribution is -0.605. The van der Waals surface area contributed by atoms with Gasteiger partial charge in [-0.1, -0.05) is 41.4 Å². The Balaban J connectivity index is 0.00000181. The Morgan fingerprint density at radius 3 is 2.42 bits per heavy atom. The van der Waals surface area contributed by atoms with Crippen molar-refractivity contribution in [1.29, 1.82) is 0 Å². The van der Waals surface area contributed by atoms with E-state index in [-0.39, 0.29) is 46.2 Å². The van der Waals surface area contributed by atoms with E-state index in [9.17, 15) is 19.2 Å². The predicted octanol–water partition coefficient (Wildman–Crippen LogP) is 6.53. The molecular formula is C34H34Cl2FN3O9S. The maximum atomic E-state index is 14.9. The molecule has 12 nitrogen and oxygen atoms in total. The number of likely N-dealkylation sites (tertiary alicyclic amines) is 1. The molecule has 3 heterocycles. The summed E-state index contributed by atoms with van der Waals surface area (Å²) in [6.45, 7) is 1.09. The summed E-state index contributed by atoms with van der Waals surface area (Å²) >= 11 is 13.8. The number of ether oxygens (including phenoxy) is 4. The van der Waals surface area contributed by atoms with Crippen molar-refractivity contribution in [3.8, 4) is 11.5 Å². The van der Waals surface area contributed by atoms with Gasteiger partial charge in [-0.2, -0.15) is 4.73 Å². The second-order valence-corrected chi connectivity index (χ2v) is 13.0. The predicted molar refractivity (Wildman–Crippen MR) is 185 cm³/mol. The third-order valence-corrected chi connectivity index (χ3v) is 9.33. The largest absolute Gasteiger partial charge is 0.619 e. The van der Waals surface area contributed by atoms with Crippen LogP contribution in [0.15, 0.2) is 67.0 Å².